The van der Waals surface area contributed by atoms with Gasteiger partial charge >= 0.3 is 5.97 Å². The van der Waals surface area contributed by atoms with E-state index >= 15 is 0 Å². The van der Waals surface area contributed by atoms with E-state index in [0.717, 1.165) is 22.2 Å². The molecule has 190 valence electrons. The number of carbonyl (C=O) groups excluding carboxylic acids is 1. The molecule has 4 aromatic rings. The molecule has 0 spiro atoms. The fourth-order valence-electron chi connectivity index (χ4n) is 4.75. The summed E-state index contributed by atoms with van der Waals surface area (Å²) in [6.45, 7) is 5.70. The van der Waals surface area contributed by atoms with Crippen molar-refractivity contribution in [2.45, 2.75) is 26.8 Å². The van der Waals surface area contributed by atoms with Gasteiger partial charge in [0.05, 0.1) is 42.7 Å². The van der Waals surface area contributed by atoms with Gasteiger partial charge in [-0.25, -0.2) is 9.79 Å². The number of para-hydroxylation sites is 1. The van der Waals surface area contributed by atoms with Gasteiger partial charge in [-0.2, -0.15) is 0 Å². The van der Waals surface area contributed by atoms with Gasteiger partial charge in [0.2, 0.25) is 0 Å². The summed E-state index contributed by atoms with van der Waals surface area (Å²) < 4.78 is 18.4. The number of fused-ring (bicyclic) bond motifs is 2. The highest BCUT2D eigenvalue weighted by Crippen LogP contribution is 2.36. The number of benzene rings is 2. The van der Waals surface area contributed by atoms with Gasteiger partial charge in [-0.15, -0.1) is 0 Å². The van der Waals surface area contributed by atoms with E-state index in [0.29, 0.717) is 37.7 Å². The number of H-pyrrole nitrogens is 1. The number of allylic oxidation sites excluding steroid dienone is 1. The average molecular weight is 518 g/mol. The van der Waals surface area contributed by atoms with Crippen molar-refractivity contribution in [1.82, 2.24) is 9.55 Å². The zero-order chi connectivity index (χ0) is 26.3. The molecule has 1 atom stereocenters. The van der Waals surface area contributed by atoms with Crippen LogP contribution in [0.25, 0.3) is 17.0 Å². The Balaban J connectivity index is 1.77. The number of aromatic nitrogens is 2. The van der Waals surface area contributed by atoms with Crippen molar-refractivity contribution in [3.63, 3.8) is 0 Å². The zero-order valence-electron chi connectivity index (χ0n) is 21.2. The molecule has 8 nitrogen and oxygen atoms in total. The molecule has 0 saturated heterocycles. The fourth-order valence-corrected chi connectivity index (χ4v) is 5.77. The first-order valence-corrected chi connectivity index (χ1v) is 12.7. The number of aromatic amines is 1. The second kappa shape index (κ2) is 9.74. The lowest BCUT2D eigenvalue weighted by atomic mass is 9.95. The van der Waals surface area contributed by atoms with Crippen LogP contribution in [0.3, 0.4) is 0 Å². The van der Waals surface area contributed by atoms with Gasteiger partial charge in [0.1, 0.15) is 0 Å². The van der Waals surface area contributed by atoms with Gasteiger partial charge in [0.15, 0.2) is 16.3 Å². The summed E-state index contributed by atoms with van der Waals surface area (Å²) in [7, 11) is 3.10. The van der Waals surface area contributed by atoms with Crippen molar-refractivity contribution < 1.29 is 19.0 Å². The summed E-state index contributed by atoms with van der Waals surface area (Å²) in [6, 6.07) is 12.6. The van der Waals surface area contributed by atoms with Crippen molar-refractivity contribution in [2.24, 2.45) is 4.99 Å². The largest absolute Gasteiger partial charge is 0.493 e. The molecular weight excluding hydrogens is 490 g/mol. The molecule has 2 aromatic carbocycles. The average Bonchev–Trinajstić information content (AvgIpc) is 3.38. The molecule has 1 aliphatic rings. The molecule has 9 heteroatoms. The van der Waals surface area contributed by atoms with E-state index in [1.807, 2.05) is 43.3 Å². The van der Waals surface area contributed by atoms with Crippen LogP contribution in [0, 0.1) is 6.92 Å². The quantitative estimate of drug-likeness (QED) is 0.395. The highest BCUT2D eigenvalue weighted by molar-refractivity contribution is 7.07. The van der Waals surface area contributed by atoms with Crippen LogP contribution < -0.4 is 24.4 Å². The normalized spacial score (nSPS) is 15.5. The van der Waals surface area contributed by atoms with Gasteiger partial charge in [-0.3, -0.25) is 9.36 Å². The second-order valence-corrected chi connectivity index (χ2v) is 9.64. The van der Waals surface area contributed by atoms with E-state index in [2.05, 4.69) is 9.98 Å². The Morgan fingerprint density at radius 1 is 1.14 bits per heavy atom. The Labute approximate surface area is 217 Å². The van der Waals surface area contributed by atoms with E-state index < -0.39 is 12.0 Å². The number of esters is 1. The number of hydrogen-bond donors (Lipinski definition) is 1. The lowest BCUT2D eigenvalue weighted by molar-refractivity contribution is -0.139. The molecular formula is C28H27N3O5S. The predicted molar refractivity (Wildman–Crippen MR) is 143 cm³/mol. The Morgan fingerprint density at radius 3 is 2.62 bits per heavy atom. The molecule has 1 N–H and O–H groups in total. The zero-order valence-corrected chi connectivity index (χ0v) is 22.1. The third-order valence-electron chi connectivity index (χ3n) is 6.46. The molecule has 2 aromatic heterocycles. The van der Waals surface area contributed by atoms with Crippen molar-refractivity contribution >= 4 is 34.3 Å². The number of ether oxygens (including phenoxy) is 3. The van der Waals surface area contributed by atoms with Crippen molar-refractivity contribution in [3.8, 4) is 11.5 Å². The number of methoxy groups -OCH3 is 2. The van der Waals surface area contributed by atoms with Crippen LogP contribution in [-0.4, -0.2) is 36.3 Å². The molecule has 5 rings (SSSR count). The molecule has 0 radical (unpaired) electrons. The van der Waals surface area contributed by atoms with E-state index in [1.165, 1.54) is 11.3 Å². The highest BCUT2D eigenvalue weighted by atomic mass is 32.1. The summed E-state index contributed by atoms with van der Waals surface area (Å²) in [6.07, 6.45) is 1.90. The fraction of sp³-hybridized carbons (Fsp3) is 0.250. The number of carbonyl (C=O) groups is 1. The summed E-state index contributed by atoms with van der Waals surface area (Å²) in [5.74, 6) is 0.534. The van der Waals surface area contributed by atoms with Crippen LogP contribution in [0.15, 0.2) is 63.5 Å². The molecule has 1 aliphatic heterocycles. The summed E-state index contributed by atoms with van der Waals surface area (Å²) in [5, 5.41) is 1.03. The van der Waals surface area contributed by atoms with Gasteiger partial charge in [0.25, 0.3) is 5.56 Å². The Hall–Kier alpha value is -4.11. The van der Waals surface area contributed by atoms with Crippen LogP contribution in [0.4, 0.5) is 0 Å². The van der Waals surface area contributed by atoms with Gasteiger partial charge < -0.3 is 19.2 Å². The molecule has 0 aliphatic carbocycles. The maximum Gasteiger partial charge on any atom is 0.338 e. The summed E-state index contributed by atoms with van der Waals surface area (Å²) in [4.78, 5) is 35.6. The Morgan fingerprint density at radius 2 is 1.89 bits per heavy atom. The summed E-state index contributed by atoms with van der Waals surface area (Å²) >= 11 is 1.30. The van der Waals surface area contributed by atoms with Crippen molar-refractivity contribution in [1.29, 1.82) is 0 Å². The lowest BCUT2D eigenvalue weighted by Crippen LogP contribution is -2.40. The second-order valence-electron chi connectivity index (χ2n) is 8.63. The van der Waals surface area contributed by atoms with E-state index in [4.69, 9.17) is 14.2 Å². The predicted octanol–water partition coefficient (Wildman–Crippen LogP) is 3.61. The number of hydrogen-bond acceptors (Lipinski definition) is 7. The van der Waals surface area contributed by atoms with Crippen LogP contribution in [0.5, 0.6) is 11.5 Å². The smallest absolute Gasteiger partial charge is 0.338 e. The van der Waals surface area contributed by atoms with Crippen LogP contribution >= 0.6 is 11.3 Å². The number of nitrogens with one attached hydrogen (secondary N) is 1. The van der Waals surface area contributed by atoms with E-state index in [-0.39, 0.29) is 12.2 Å². The maximum absolute atomic E-state index is 13.9. The highest BCUT2D eigenvalue weighted by Gasteiger charge is 2.34. The molecule has 3 heterocycles. The SMILES string of the molecule is CCOC(=O)C1=C(C)N=c2s/c(=C\c3c(C)[nH]c4ccccc34)c(=O)n2[C@H]1c1ccc(OC)c(OC)c1. The minimum Gasteiger partial charge on any atom is -0.493 e. The van der Waals surface area contributed by atoms with Crippen LogP contribution in [0.1, 0.15) is 36.7 Å². The van der Waals surface area contributed by atoms with Gasteiger partial charge in [-0.1, -0.05) is 35.6 Å². The minimum atomic E-state index is -0.735. The number of thiazole rings is 1. The molecule has 0 fully saturated rings. The molecule has 0 saturated carbocycles. The van der Waals surface area contributed by atoms with E-state index in [9.17, 15) is 9.59 Å². The molecule has 0 amide bonds. The number of nitrogens with zero attached hydrogens (tertiary/aromatic N) is 2. The number of rotatable bonds is 6. The van der Waals surface area contributed by atoms with E-state index in [1.54, 1.807) is 44.8 Å². The summed E-state index contributed by atoms with van der Waals surface area (Å²) in [5.41, 5.74) is 4.19. The van der Waals surface area contributed by atoms with Gasteiger partial charge in [-0.05, 0) is 50.6 Å². The van der Waals surface area contributed by atoms with Crippen LogP contribution in [-0.2, 0) is 9.53 Å². The standard InChI is InChI=1S/C28H27N3O5S/c1-6-36-27(33)24-16(3)30-28-31(25(24)17-11-12-21(34-4)22(13-17)35-5)26(32)23(37-28)14-19-15(2)29-20-10-8-7-9-18(19)20/h7-14,25,29H,6H2,1-5H3/b23-14-/t25-/m0/s1. The first kappa shape index (κ1) is 24.6. The minimum absolute atomic E-state index is 0.207. The first-order valence-electron chi connectivity index (χ1n) is 11.9. The van der Waals surface area contributed by atoms with Crippen molar-refractivity contribution in [2.75, 3.05) is 20.8 Å². The van der Waals surface area contributed by atoms with Gasteiger partial charge in [0, 0.05) is 22.2 Å². The third kappa shape index (κ3) is 4.15. The van der Waals surface area contributed by atoms with Crippen molar-refractivity contribution in [3.05, 3.63) is 90.2 Å². The third-order valence-corrected chi connectivity index (χ3v) is 7.44. The monoisotopic (exact) mass is 517 g/mol. The Bertz CT molecular complexity index is 1740. The molecule has 0 unspecified atom stereocenters. The first-order chi connectivity index (χ1) is 17.9. The van der Waals surface area contributed by atoms with Crippen LogP contribution in [0.2, 0.25) is 0 Å². The molecule has 37 heavy (non-hydrogen) atoms. The topological polar surface area (TPSA) is 94.9 Å². The maximum atomic E-state index is 13.9. The lowest BCUT2D eigenvalue weighted by Gasteiger charge is -2.25. The number of aryl methyl sites for hydroxylation is 1. The Kier molecular flexibility index (Phi) is 6.47. The molecule has 0 bridgehead atoms.